The Morgan fingerprint density at radius 1 is 1.71 bits per heavy atom. The van der Waals surface area contributed by atoms with Gasteiger partial charge in [-0.1, -0.05) is 9.98 Å². The van der Waals surface area contributed by atoms with Gasteiger partial charge in [0.05, 0.1) is 0 Å². The van der Waals surface area contributed by atoms with Gasteiger partial charge in [0.15, 0.2) is 0 Å². The van der Waals surface area contributed by atoms with Crippen molar-refractivity contribution >= 4 is 12.1 Å². The van der Waals surface area contributed by atoms with Gasteiger partial charge in [0, 0.05) is 13.0 Å². The maximum absolute atomic E-state index is 3.87. The van der Waals surface area contributed by atoms with Crippen molar-refractivity contribution in [3.63, 3.8) is 0 Å². The molecule has 0 aliphatic carbocycles. The number of hydrogen-bond acceptors (Lipinski definition) is 2. The molecule has 0 bridgehead atoms. The third-order valence-electron chi connectivity index (χ3n) is 0.695. The zero-order valence-corrected chi connectivity index (χ0v) is 4.13. The molecule has 0 amide bonds. The maximum atomic E-state index is 3.87. The first-order chi connectivity index (χ1) is 3.39. The summed E-state index contributed by atoms with van der Waals surface area (Å²) in [4.78, 5) is 7.74. The van der Waals surface area contributed by atoms with E-state index in [1.54, 1.807) is 18.5 Å². The number of aliphatic imine (C=N–C) groups is 2. The summed E-state index contributed by atoms with van der Waals surface area (Å²) in [6.45, 7) is 1.86. The van der Waals surface area contributed by atoms with E-state index in [9.17, 15) is 0 Å². The molecule has 35 valence electrons. The van der Waals surface area contributed by atoms with Gasteiger partial charge in [-0.25, -0.2) is 0 Å². The number of allylic oxidation sites excluding steroid dienone is 1. The second kappa shape index (κ2) is 1.69. The van der Waals surface area contributed by atoms with Gasteiger partial charge in [0.1, 0.15) is 12.4 Å². The Kier molecular flexibility index (Phi) is 1.02. The average molecular weight is 94.1 g/mol. The molecule has 0 fully saturated rings. The normalized spacial score (nSPS) is 17.0. The number of amidine groups is 1. The van der Waals surface area contributed by atoms with Crippen molar-refractivity contribution in [2.24, 2.45) is 4.99 Å². The fourth-order valence-electron chi connectivity index (χ4n) is 0.374. The summed E-state index contributed by atoms with van der Waals surface area (Å²) in [7, 11) is 0. The molecule has 1 heterocycles. The minimum Gasteiger partial charge on any atom is -0.0505 e. The van der Waals surface area contributed by atoms with Crippen LogP contribution in [0.3, 0.4) is 0 Å². The zero-order chi connectivity index (χ0) is 5.11. The Hall–Kier alpha value is -0.920. The van der Waals surface area contributed by atoms with Crippen LogP contribution in [0.1, 0.15) is 6.92 Å². The Balaban J connectivity index is 2.82. The first-order valence-corrected chi connectivity index (χ1v) is 2.13. The van der Waals surface area contributed by atoms with Gasteiger partial charge in [0.2, 0.25) is 0 Å². The number of rotatable bonds is 0. The van der Waals surface area contributed by atoms with E-state index in [0.29, 0.717) is 0 Å². The molecular weight excluding hydrogens is 88.1 g/mol. The van der Waals surface area contributed by atoms with Gasteiger partial charge in [-0.05, 0) is 0 Å². The van der Waals surface area contributed by atoms with E-state index in [4.69, 9.17) is 0 Å². The summed E-state index contributed by atoms with van der Waals surface area (Å²) in [5.74, 6) is 0.822. The van der Waals surface area contributed by atoms with Crippen molar-refractivity contribution in [2.45, 2.75) is 6.92 Å². The van der Waals surface area contributed by atoms with Crippen LogP contribution in [-0.2, 0) is 0 Å². The number of hydrogen-bond donors (Lipinski definition) is 0. The molecule has 0 saturated carbocycles. The van der Waals surface area contributed by atoms with Crippen LogP contribution < -0.4 is 4.99 Å². The fraction of sp³-hybridized carbons (Fsp3) is 0.200. The monoisotopic (exact) mass is 94.1 g/mol. The van der Waals surface area contributed by atoms with Crippen LogP contribution in [0.5, 0.6) is 0 Å². The second-order valence-corrected chi connectivity index (χ2v) is 1.30. The summed E-state index contributed by atoms with van der Waals surface area (Å²) in [6.07, 6.45) is 5.25. The van der Waals surface area contributed by atoms with Crippen LogP contribution in [0, 0.1) is 0 Å². The minimum absolute atomic E-state index is 0.822. The SMILES string of the molecule is CC1=[N+]C=CC=N1. The van der Waals surface area contributed by atoms with Gasteiger partial charge in [-0.3, -0.25) is 0 Å². The van der Waals surface area contributed by atoms with Crippen molar-refractivity contribution in [2.75, 3.05) is 0 Å². The van der Waals surface area contributed by atoms with Gasteiger partial charge >= 0.3 is 5.84 Å². The molecule has 0 atom stereocenters. The molecule has 0 N–H and O–H groups in total. The van der Waals surface area contributed by atoms with E-state index in [2.05, 4.69) is 9.98 Å². The molecule has 0 aromatic rings. The highest BCUT2D eigenvalue weighted by atomic mass is 14.9. The molecule has 1 radical (unpaired) electrons. The molecule has 7 heavy (non-hydrogen) atoms. The lowest BCUT2D eigenvalue weighted by Crippen LogP contribution is -1.97. The minimum atomic E-state index is 0.822. The second-order valence-electron chi connectivity index (χ2n) is 1.30. The Morgan fingerprint density at radius 3 is 2.86 bits per heavy atom. The van der Waals surface area contributed by atoms with E-state index in [-0.39, 0.29) is 0 Å². The summed E-state index contributed by atoms with van der Waals surface area (Å²) in [6, 6.07) is 0. The Morgan fingerprint density at radius 2 is 2.57 bits per heavy atom. The highest BCUT2D eigenvalue weighted by Crippen LogP contribution is 1.76. The lowest BCUT2D eigenvalue weighted by molar-refractivity contribution is 1.31. The molecule has 0 spiro atoms. The quantitative estimate of drug-likeness (QED) is 0.414. The van der Waals surface area contributed by atoms with E-state index in [1.807, 2.05) is 6.92 Å². The van der Waals surface area contributed by atoms with Crippen molar-refractivity contribution in [3.8, 4) is 0 Å². The third-order valence-corrected chi connectivity index (χ3v) is 0.695. The topological polar surface area (TPSA) is 26.5 Å². The van der Waals surface area contributed by atoms with Crippen molar-refractivity contribution in [1.82, 2.24) is 4.99 Å². The molecule has 0 saturated heterocycles. The lowest BCUT2D eigenvalue weighted by Gasteiger charge is -1.73. The Labute approximate surface area is 42.3 Å². The smallest absolute Gasteiger partial charge is 0.0505 e. The van der Waals surface area contributed by atoms with Gasteiger partial charge in [-0.15, -0.1) is 0 Å². The maximum Gasteiger partial charge on any atom is 0.335 e. The predicted molar refractivity (Wildman–Crippen MR) is 30.4 cm³/mol. The summed E-state index contributed by atoms with van der Waals surface area (Å²) in [5.41, 5.74) is 0. The van der Waals surface area contributed by atoms with E-state index in [0.717, 1.165) is 5.84 Å². The molecule has 0 aromatic heterocycles. The van der Waals surface area contributed by atoms with Gasteiger partial charge in [0.25, 0.3) is 0 Å². The molecular formula is C5H6N2+. The summed E-state index contributed by atoms with van der Waals surface area (Å²) < 4.78 is 0. The highest BCUT2D eigenvalue weighted by molar-refractivity contribution is 5.92. The fourth-order valence-corrected chi connectivity index (χ4v) is 0.374. The van der Waals surface area contributed by atoms with Crippen molar-refractivity contribution in [3.05, 3.63) is 12.3 Å². The first-order valence-electron chi connectivity index (χ1n) is 2.13. The van der Waals surface area contributed by atoms with Crippen LogP contribution in [-0.4, -0.2) is 12.1 Å². The van der Waals surface area contributed by atoms with Crippen LogP contribution in [0.4, 0.5) is 0 Å². The van der Waals surface area contributed by atoms with Crippen LogP contribution >= 0.6 is 0 Å². The van der Waals surface area contributed by atoms with Gasteiger partial charge in [-0.2, -0.15) is 0 Å². The van der Waals surface area contributed by atoms with Gasteiger partial charge < -0.3 is 0 Å². The summed E-state index contributed by atoms with van der Waals surface area (Å²) >= 11 is 0. The van der Waals surface area contributed by atoms with E-state index in [1.165, 1.54) is 0 Å². The molecule has 1 aliphatic rings. The van der Waals surface area contributed by atoms with Crippen LogP contribution in [0.2, 0.25) is 0 Å². The molecule has 0 unspecified atom stereocenters. The highest BCUT2D eigenvalue weighted by Gasteiger charge is 1.96. The molecule has 2 nitrogen and oxygen atoms in total. The van der Waals surface area contributed by atoms with Crippen molar-refractivity contribution < 1.29 is 0 Å². The van der Waals surface area contributed by atoms with Crippen molar-refractivity contribution in [1.29, 1.82) is 0 Å². The van der Waals surface area contributed by atoms with Crippen LogP contribution in [0.15, 0.2) is 17.3 Å². The molecule has 0 aromatic carbocycles. The molecule has 2 heteroatoms. The van der Waals surface area contributed by atoms with Crippen LogP contribution in [0.25, 0.3) is 0 Å². The van der Waals surface area contributed by atoms with E-state index >= 15 is 0 Å². The molecule has 1 aliphatic heterocycles. The summed E-state index contributed by atoms with van der Waals surface area (Å²) in [5, 5.41) is 0. The van der Waals surface area contributed by atoms with E-state index < -0.39 is 0 Å². The standard InChI is InChI=1S/C5H6N2/c1-5-6-3-2-4-7-5/h2-4H,1H3/q+1. The largest absolute Gasteiger partial charge is 0.335 e. The predicted octanol–water partition coefficient (Wildman–Crippen LogP) is 0.339. The Bertz CT molecular complexity index is 142. The zero-order valence-electron chi connectivity index (χ0n) is 4.13. The molecule has 1 rings (SSSR count). The average Bonchev–Trinajstić information content (AvgIpc) is 1.69. The third kappa shape index (κ3) is 0.961. The first kappa shape index (κ1) is 4.24. The number of nitrogens with zero attached hydrogens (tertiary/aromatic N) is 2. The lowest BCUT2D eigenvalue weighted by atomic mass is 10.5.